The third-order valence-electron chi connectivity index (χ3n) is 5.20. The number of H-pyrrole nitrogens is 1. The normalized spacial score (nSPS) is 13.2. The van der Waals surface area contributed by atoms with Crippen LogP contribution in [-0.2, 0) is 35.2 Å². The van der Waals surface area contributed by atoms with Crippen LogP contribution in [0.15, 0.2) is 30.5 Å². The molecule has 0 saturated carbocycles. The maximum Gasteiger partial charge on any atom is 0.326 e. The van der Waals surface area contributed by atoms with Gasteiger partial charge >= 0.3 is 11.9 Å². The number of benzene rings is 1. The summed E-state index contributed by atoms with van der Waals surface area (Å²) in [5.74, 6) is -5.92. The number of carbonyl (C=O) groups excluding carboxylic acids is 4. The zero-order valence-corrected chi connectivity index (χ0v) is 19.2. The lowest BCUT2D eigenvalue weighted by Crippen LogP contribution is -2.54. The molecule has 1 heterocycles. The summed E-state index contributed by atoms with van der Waals surface area (Å²) >= 11 is 0. The number of primary amides is 1. The molecule has 0 fully saturated rings. The number of aliphatic carboxylic acids is 2. The van der Waals surface area contributed by atoms with Crippen molar-refractivity contribution in [1.29, 1.82) is 0 Å². The third-order valence-corrected chi connectivity index (χ3v) is 5.20. The zero-order chi connectivity index (χ0) is 26.8. The van der Waals surface area contributed by atoms with Gasteiger partial charge < -0.3 is 42.6 Å². The first-order chi connectivity index (χ1) is 17.0. The number of nitrogens with one attached hydrogen (secondary N) is 4. The molecule has 4 amide bonds. The van der Waals surface area contributed by atoms with Gasteiger partial charge in [-0.2, -0.15) is 0 Å². The highest BCUT2D eigenvalue weighted by Crippen LogP contribution is 2.19. The SMILES string of the molecule is NC(=O)CCC(NC(=O)CNC(=O)C(Cc1c[nH]c2ccccc12)NC(=O)C(N)CC(=O)O)C(=O)O. The average Bonchev–Trinajstić information content (AvgIpc) is 3.21. The second kappa shape index (κ2) is 12.9. The van der Waals surface area contributed by atoms with Crippen LogP contribution in [0, 0.1) is 0 Å². The van der Waals surface area contributed by atoms with Crippen LogP contribution in [0.1, 0.15) is 24.8 Å². The van der Waals surface area contributed by atoms with Crippen molar-refractivity contribution in [3.8, 4) is 0 Å². The van der Waals surface area contributed by atoms with E-state index in [2.05, 4.69) is 20.9 Å². The number of carboxylic acid groups (broad SMARTS) is 2. The lowest BCUT2D eigenvalue weighted by atomic mass is 10.0. The fourth-order valence-corrected chi connectivity index (χ4v) is 3.37. The molecule has 0 aliphatic heterocycles. The summed E-state index contributed by atoms with van der Waals surface area (Å²) in [5, 5.41) is 25.8. The van der Waals surface area contributed by atoms with E-state index in [4.69, 9.17) is 16.6 Å². The summed E-state index contributed by atoms with van der Waals surface area (Å²) in [4.78, 5) is 73.6. The van der Waals surface area contributed by atoms with Crippen molar-refractivity contribution < 1.29 is 39.0 Å². The van der Waals surface area contributed by atoms with Crippen LogP contribution in [0.2, 0.25) is 0 Å². The molecule has 0 aliphatic carbocycles. The van der Waals surface area contributed by atoms with Crippen LogP contribution in [0.4, 0.5) is 0 Å². The summed E-state index contributed by atoms with van der Waals surface area (Å²) in [5.41, 5.74) is 12.1. The van der Waals surface area contributed by atoms with E-state index in [9.17, 15) is 33.9 Å². The summed E-state index contributed by atoms with van der Waals surface area (Å²) < 4.78 is 0. The predicted octanol–water partition coefficient (Wildman–Crippen LogP) is -2.05. The van der Waals surface area contributed by atoms with E-state index in [0.717, 1.165) is 10.9 Å². The molecule has 194 valence electrons. The molecular formula is C22H28N6O8. The van der Waals surface area contributed by atoms with Crippen LogP contribution >= 0.6 is 0 Å². The molecule has 0 spiro atoms. The maximum atomic E-state index is 12.9. The van der Waals surface area contributed by atoms with Gasteiger partial charge in [-0.05, 0) is 18.1 Å². The molecule has 14 nitrogen and oxygen atoms in total. The number of para-hydroxylation sites is 1. The monoisotopic (exact) mass is 504 g/mol. The van der Waals surface area contributed by atoms with Gasteiger partial charge in [-0.1, -0.05) is 18.2 Å². The molecule has 0 radical (unpaired) electrons. The van der Waals surface area contributed by atoms with Gasteiger partial charge in [0.05, 0.1) is 19.0 Å². The minimum Gasteiger partial charge on any atom is -0.481 e. The first-order valence-electron chi connectivity index (χ1n) is 10.9. The molecule has 3 unspecified atom stereocenters. The Bertz CT molecular complexity index is 1150. The van der Waals surface area contributed by atoms with E-state index in [-0.39, 0.29) is 19.3 Å². The van der Waals surface area contributed by atoms with E-state index in [1.807, 2.05) is 12.1 Å². The minimum atomic E-state index is -1.41. The fraction of sp³-hybridized carbons (Fsp3) is 0.364. The number of aromatic amines is 1. The topological polar surface area (TPSA) is 247 Å². The molecule has 3 atom stereocenters. The van der Waals surface area contributed by atoms with Gasteiger partial charge in [0.15, 0.2) is 0 Å². The van der Waals surface area contributed by atoms with Crippen molar-refractivity contribution in [3.63, 3.8) is 0 Å². The Hall–Kier alpha value is -4.46. The number of rotatable bonds is 14. The standard InChI is InChI=1S/C22H28N6O8/c23-13(8-19(31)32)20(33)28-16(7-11-9-25-14-4-2-1-3-12(11)14)21(34)26-10-18(30)27-15(22(35)36)5-6-17(24)29/h1-4,9,13,15-16,25H,5-8,10,23H2,(H2,24,29)(H,26,34)(H,27,30)(H,28,33)(H,31,32)(H,35,36). The number of hydrogen-bond acceptors (Lipinski definition) is 7. The molecular weight excluding hydrogens is 476 g/mol. The highest BCUT2D eigenvalue weighted by molar-refractivity contribution is 5.94. The Morgan fingerprint density at radius 2 is 1.67 bits per heavy atom. The van der Waals surface area contributed by atoms with Gasteiger partial charge in [-0.15, -0.1) is 0 Å². The quantitative estimate of drug-likeness (QED) is 0.141. The summed E-state index contributed by atoms with van der Waals surface area (Å²) in [6.07, 6.45) is 0.484. The van der Waals surface area contributed by atoms with Crippen LogP contribution < -0.4 is 27.4 Å². The van der Waals surface area contributed by atoms with Gasteiger partial charge in [-0.3, -0.25) is 24.0 Å². The van der Waals surface area contributed by atoms with Crippen molar-refractivity contribution in [2.75, 3.05) is 6.54 Å². The van der Waals surface area contributed by atoms with E-state index in [1.54, 1.807) is 18.3 Å². The largest absolute Gasteiger partial charge is 0.481 e. The van der Waals surface area contributed by atoms with Crippen molar-refractivity contribution in [2.24, 2.45) is 11.5 Å². The Kier molecular flexibility index (Phi) is 9.92. The fourth-order valence-electron chi connectivity index (χ4n) is 3.37. The van der Waals surface area contributed by atoms with Gasteiger partial charge in [0.25, 0.3) is 0 Å². The van der Waals surface area contributed by atoms with Crippen molar-refractivity contribution in [1.82, 2.24) is 20.9 Å². The number of hydrogen-bond donors (Lipinski definition) is 8. The van der Waals surface area contributed by atoms with Crippen LogP contribution in [0.3, 0.4) is 0 Å². The van der Waals surface area contributed by atoms with Gasteiger partial charge in [-0.25, -0.2) is 4.79 Å². The molecule has 1 aromatic heterocycles. The molecule has 36 heavy (non-hydrogen) atoms. The van der Waals surface area contributed by atoms with E-state index in [0.29, 0.717) is 5.56 Å². The number of amides is 4. The average molecular weight is 505 g/mol. The van der Waals surface area contributed by atoms with E-state index in [1.165, 1.54) is 0 Å². The predicted molar refractivity (Wildman–Crippen MR) is 125 cm³/mol. The minimum absolute atomic E-state index is 0.0145. The van der Waals surface area contributed by atoms with Crippen molar-refractivity contribution in [2.45, 2.75) is 43.8 Å². The Labute approximate surface area is 204 Å². The van der Waals surface area contributed by atoms with Gasteiger partial charge in [0, 0.05) is 29.9 Å². The molecule has 0 saturated heterocycles. The molecule has 2 aromatic rings. The number of nitrogens with two attached hydrogens (primary N) is 2. The molecule has 14 heteroatoms. The van der Waals surface area contributed by atoms with Crippen LogP contribution in [-0.4, -0.2) is 75.4 Å². The molecule has 1 aromatic carbocycles. The van der Waals surface area contributed by atoms with Crippen LogP contribution in [0.5, 0.6) is 0 Å². The molecule has 10 N–H and O–H groups in total. The lowest BCUT2D eigenvalue weighted by molar-refractivity contribution is -0.142. The zero-order valence-electron chi connectivity index (χ0n) is 19.2. The Balaban J connectivity index is 2.10. The summed E-state index contributed by atoms with van der Waals surface area (Å²) in [6, 6.07) is 3.19. The number of carbonyl (C=O) groups is 6. The Morgan fingerprint density at radius 3 is 2.31 bits per heavy atom. The third kappa shape index (κ3) is 8.39. The van der Waals surface area contributed by atoms with E-state index < -0.39 is 66.7 Å². The second-order valence-corrected chi connectivity index (χ2v) is 8.01. The van der Waals surface area contributed by atoms with Gasteiger partial charge in [0.2, 0.25) is 23.6 Å². The highest BCUT2D eigenvalue weighted by Gasteiger charge is 2.27. The summed E-state index contributed by atoms with van der Waals surface area (Å²) in [7, 11) is 0. The second-order valence-electron chi connectivity index (χ2n) is 8.01. The van der Waals surface area contributed by atoms with Crippen LogP contribution in [0.25, 0.3) is 10.9 Å². The Morgan fingerprint density at radius 1 is 0.972 bits per heavy atom. The number of carboxylic acids is 2. The van der Waals surface area contributed by atoms with Gasteiger partial charge in [0.1, 0.15) is 12.1 Å². The highest BCUT2D eigenvalue weighted by atomic mass is 16.4. The van der Waals surface area contributed by atoms with Crippen molar-refractivity contribution >= 4 is 46.5 Å². The maximum absolute atomic E-state index is 12.9. The molecule has 0 aliphatic rings. The first kappa shape index (κ1) is 27.8. The number of aromatic nitrogens is 1. The smallest absolute Gasteiger partial charge is 0.326 e. The molecule has 2 rings (SSSR count). The van der Waals surface area contributed by atoms with Crippen molar-refractivity contribution in [3.05, 3.63) is 36.0 Å². The summed E-state index contributed by atoms with van der Waals surface area (Å²) in [6.45, 7) is -0.624. The lowest BCUT2D eigenvalue weighted by Gasteiger charge is -2.20. The molecule has 0 bridgehead atoms. The van der Waals surface area contributed by atoms with E-state index >= 15 is 0 Å². The first-order valence-corrected chi connectivity index (χ1v) is 10.9. The number of fused-ring (bicyclic) bond motifs is 1.